The van der Waals surface area contributed by atoms with Crippen LogP contribution in [0, 0.1) is 5.92 Å². The van der Waals surface area contributed by atoms with E-state index in [2.05, 4.69) is 9.80 Å². The second-order valence-corrected chi connectivity index (χ2v) is 12.7. The zero-order chi connectivity index (χ0) is 23.1. The van der Waals surface area contributed by atoms with Gasteiger partial charge in [0.05, 0.1) is 4.90 Å². The van der Waals surface area contributed by atoms with Gasteiger partial charge < -0.3 is 14.5 Å². The van der Waals surface area contributed by atoms with E-state index in [1.165, 1.54) is 19.1 Å². The molecule has 3 aliphatic rings. The summed E-state index contributed by atoms with van der Waals surface area (Å²) in [6.45, 7) is 10.5. The van der Waals surface area contributed by atoms with Crippen molar-refractivity contribution >= 4 is 21.6 Å². The number of likely N-dealkylation sites (tertiary alicyclic amines) is 2. The Bertz CT molecular complexity index is 918. The molecule has 0 spiro atoms. The second-order valence-electron chi connectivity index (χ2n) is 10.7. The number of fused-ring (bicyclic) bond motifs is 2. The molecule has 178 valence electrons. The van der Waals surface area contributed by atoms with Crippen LogP contribution in [0.1, 0.15) is 46.5 Å². The van der Waals surface area contributed by atoms with Crippen LogP contribution in [0.25, 0.3) is 0 Å². The summed E-state index contributed by atoms with van der Waals surface area (Å²) in [5, 5.41) is 0. The maximum Gasteiger partial charge on any atom is 0.410 e. The van der Waals surface area contributed by atoms with Crippen molar-refractivity contribution in [3.63, 3.8) is 0 Å². The average molecular weight is 464 g/mol. The highest BCUT2D eigenvalue weighted by Crippen LogP contribution is 2.35. The standard InChI is InChI=1S/C24H37N3O4S/c1-24(2,3)31-23(28)25-12-9-18(10-13-25)11-14-26-16-21-15-20(26)17-27(21)19-5-7-22(8-6-19)32(4,29)30/h5-8,18,20-21H,9-17H2,1-4H3/t20-,21-/m1/s1. The fraction of sp³-hybridized carbons (Fsp3) is 0.708. The predicted octanol–water partition coefficient (Wildman–Crippen LogP) is 3.39. The Hall–Kier alpha value is -1.80. The first kappa shape index (κ1) is 23.4. The summed E-state index contributed by atoms with van der Waals surface area (Å²) in [5.74, 6) is 0.674. The van der Waals surface area contributed by atoms with Gasteiger partial charge in [0.25, 0.3) is 0 Å². The lowest BCUT2D eigenvalue weighted by Gasteiger charge is -2.37. The van der Waals surface area contributed by atoms with Crippen LogP contribution in [0.15, 0.2) is 29.2 Å². The molecular formula is C24H37N3O4S. The molecule has 32 heavy (non-hydrogen) atoms. The molecule has 3 heterocycles. The lowest BCUT2D eigenvalue weighted by molar-refractivity contribution is 0.0177. The minimum Gasteiger partial charge on any atom is -0.444 e. The molecule has 4 rings (SSSR count). The maximum absolute atomic E-state index is 12.3. The highest BCUT2D eigenvalue weighted by molar-refractivity contribution is 7.90. The van der Waals surface area contributed by atoms with E-state index >= 15 is 0 Å². The van der Waals surface area contributed by atoms with Crippen molar-refractivity contribution in [2.75, 3.05) is 43.9 Å². The number of piperidine rings is 1. The Labute approximate surface area is 192 Å². The van der Waals surface area contributed by atoms with Gasteiger partial charge in [-0.15, -0.1) is 0 Å². The van der Waals surface area contributed by atoms with Crippen LogP contribution in [0.3, 0.4) is 0 Å². The van der Waals surface area contributed by atoms with Gasteiger partial charge in [0.2, 0.25) is 0 Å². The lowest BCUT2D eigenvalue weighted by atomic mass is 9.93. The number of rotatable bonds is 5. The molecule has 1 aromatic rings. The molecule has 1 amide bonds. The number of sulfone groups is 1. The minimum absolute atomic E-state index is 0.183. The van der Waals surface area contributed by atoms with Gasteiger partial charge in [0.1, 0.15) is 5.60 Å². The van der Waals surface area contributed by atoms with Gasteiger partial charge >= 0.3 is 6.09 Å². The summed E-state index contributed by atoms with van der Waals surface area (Å²) in [6, 6.07) is 8.42. The summed E-state index contributed by atoms with van der Waals surface area (Å²) in [5.41, 5.74) is 0.686. The second kappa shape index (κ2) is 8.86. The first-order valence-electron chi connectivity index (χ1n) is 11.8. The van der Waals surface area contributed by atoms with Crippen molar-refractivity contribution in [2.24, 2.45) is 5.92 Å². The van der Waals surface area contributed by atoms with Gasteiger partial charge in [-0.3, -0.25) is 4.90 Å². The van der Waals surface area contributed by atoms with Gasteiger partial charge in [-0.25, -0.2) is 13.2 Å². The van der Waals surface area contributed by atoms with Gasteiger partial charge in [-0.05, 0) is 83.2 Å². The molecule has 0 aliphatic carbocycles. The van der Waals surface area contributed by atoms with Gasteiger partial charge in [0.15, 0.2) is 9.84 Å². The highest BCUT2D eigenvalue weighted by atomic mass is 32.2. The van der Waals surface area contributed by atoms with Gasteiger partial charge in [-0.1, -0.05) is 0 Å². The molecule has 2 atom stereocenters. The number of hydrogen-bond donors (Lipinski definition) is 0. The van der Waals surface area contributed by atoms with Crippen LogP contribution < -0.4 is 4.90 Å². The number of ether oxygens (including phenoxy) is 1. The summed E-state index contributed by atoms with van der Waals surface area (Å²) in [6.07, 6.45) is 5.55. The van der Waals surface area contributed by atoms with E-state index in [1.54, 1.807) is 12.1 Å². The van der Waals surface area contributed by atoms with Crippen molar-refractivity contribution < 1.29 is 17.9 Å². The van der Waals surface area contributed by atoms with Crippen molar-refractivity contribution in [2.45, 2.75) is 69.0 Å². The molecule has 0 radical (unpaired) electrons. The fourth-order valence-electron chi connectivity index (χ4n) is 5.30. The smallest absolute Gasteiger partial charge is 0.410 e. The van der Waals surface area contributed by atoms with Crippen LogP contribution >= 0.6 is 0 Å². The van der Waals surface area contributed by atoms with Gasteiger partial charge in [-0.2, -0.15) is 0 Å². The largest absolute Gasteiger partial charge is 0.444 e. The molecule has 3 aliphatic heterocycles. The van der Waals surface area contributed by atoms with Crippen molar-refractivity contribution in [1.82, 2.24) is 9.80 Å². The van der Waals surface area contributed by atoms with E-state index in [1.807, 2.05) is 37.8 Å². The third kappa shape index (κ3) is 5.39. The van der Waals surface area contributed by atoms with Crippen LogP contribution in [0.4, 0.5) is 10.5 Å². The third-order valence-electron chi connectivity index (χ3n) is 7.04. The molecule has 0 saturated carbocycles. The molecule has 3 fully saturated rings. The first-order chi connectivity index (χ1) is 15.0. The number of piperazine rings is 1. The number of carbonyl (C=O) groups excluding carboxylic acids is 1. The minimum atomic E-state index is -3.15. The summed E-state index contributed by atoms with van der Waals surface area (Å²) >= 11 is 0. The number of amides is 1. The molecule has 7 nitrogen and oxygen atoms in total. The number of nitrogens with zero attached hydrogens (tertiary/aromatic N) is 3. The normalized spacial score (nSPS) is 24.9. The summed E-state index contributed by atoms with van der Waals surface area (Å²) in [4.78, 5) is 19.6. The lowest BCUT2D eigenvalue weighted by Crippen LogP contribution is -2.47. The third-order valence-corrected chi connectivity index (χ3v) is 8.17. The van der Waals surface area contributed by atoms with Crippen molar-refractivity contribution in [1.29, 1.82) is 0 Å². The predicted molar refractivity (Wildman–Crippen MR) is 126 cm³/mol. The monoisotopic (exact) mass is 463 g/mol. The van der Waals surface area contributed by atoms with Gasteiger partial charge in [0, 0.05) is 50.2 Å². The van der Waals surface area contributed by atoms with Crippen LogP contribution in [0.5, 0.6) is 0 Å². The average Bonchev–Trinajstić information content (AvgIpc) is 3.31. The van der Waals surface area contributed by atoms with Crippen LogP contribution in [-0.4, -0.2) is 81.0 Å². The maximum atomic E-state index is 12.3. The summed E-state index contributed by atoms with van der Waals surface area (Å²) in [7, 11) is -3.15. The fourth-order valence-corrected chi connectivity index (χ4v) is 5.93. The van der Waals surface area contributed by atoms with E-state index in [-0.39, 0.29) is 6.09 Å². The molecular weight excluding hydrogens is 426 g/mol. The molecule has 0 aromatic heterocycles. The molecule has 3 saturated heterocycles. The quantitative estimate of drug-likeness (QED) is 0.667. The number of carbonyl (C=O) groups is 1. The topological polar surface area (TPSA) is 70.2 Å². The van der Waals surface area contributed by atoms with Crippen molar-refractivity contribution in [3.05, 3.63) is 24.3 Å². The number of anilines is 1. The van der Waals surface area contributed by atoms with E-state index in [0.717, 1.165) is 51.3 Å². The Kier molecular flexibility index (Phi) is 6.47. The molecule has 0 N–H and O–H groups in total. The zero-order valence-corrected chi connectivity index (χ0v) is 20.6. The van der Waals surface area contributed by atoms with E-state index in [9.17, 15) is 13.2 Å². The first-order valence-corrected chi connectivity index (χ1v) is 13.7. The summed E-state index contributed by atoms with van der Waals surface area (Å²) < 4.78 is 28.9. The van der Waals surface area contributed by atoms with Crippen molar-refractivity contribution in [3.8, 4) is 0 Å². The number of hydrogen-bond acceptors (Lipinski definition) is 6. The molecule has 1 aromatic carbocycles. The van der Waals surface area contributed by atoms with Crippen LogP contribution in [0.2, 0.25) is 0 Å². The van der Waals surface area contributed by atoms with E-state index in [4.69, 9.17) is 4.74 Å². The van der Waals surface area contributed by atoms with E-state index in [0.29, 0.717) is 22.9 Å². The Morgan fingerprint density at radius 2 is 1.72 bits per heavy atom. The Morgan fingerprint density at radius 1 is 1.06 bits per heavy atom. The molecule has 0 unspecified atom stereocenters. The highest BCUT2D eigenvalue weighted by Gasteiger charge is 2.43. The number of benzene rings is 1. The molecule has 8 heteroatoms. The molecule has 2 bridgehead atoms. The van der Waals surface area contributed by atoms with Crippen LogP contribution in [-0.2, 0) is 14.6 Å². The SMILES string of the molecule is CC(C)(C)OC(=O)N1CCC(CCN2C[C@H]3C[C@@H]2CN3c2ccc(S(C)(=O)=O)cc2)CC1. The Morgan fingerprint density at radius 3 is 2.25 bits per heavy atom. The Balaban J connectivity index is 1.21. The zero-order valence-electron chi connectivity index (χ0n) is 19.8. The van der Waals surface area contributed by atoms with E-state index < -0.39 is 15.4 Å².